The van der Waals surface area contributed by atoms with Crippen molar-refractivity contribution in [3.8, 4) is 0 Å². The van der Waals surface area contributed by atoms with Crippen LogP contribution >= 0.6 is 11.3 Å². The molecule has 0 aliphatic carbocycles. The summed E-state index contributed by atoms with van der Waals surface area (Å²) in [5.74, 6) is -0.280. The zero-order chi connectivity index (χ0) is 7.40. The van der Waals surface area contributed by atoms with Crippen molar-refractivity contribution in [1.29, 1.82) is 0 Å². The Kier molecular flexibility index (Phi) is 2.45. The summed E-state index contributed by atoms with van der Waals surface area (Å²) in [6.07, 6.45) is 0. The normalized spacial score (nSPS) is 9.30. The third kappa shape index (κ3) is 1.57. The van der Waals surface area contributed by atoms with Gasteiger partial charge in [-0.3, -0.25) is 0 Å². The topological polar surface area (TPSA) is 26.3 Å². The van der Waals surface area contributed by atoms with Gasteiger partial charge in [-0.1, -0.05) is 0 Å². The van der Waals surface area contributed by atoms with Crippen LogP contribution in [0.5, 0.6) is 0 Å². The van der Waals surface area contributed by atoms with Crippen LogP contribution in [0.3, 0.4) is 0 Å². The fourth-order valence-electron chi connectivity index (χ4n) is 0.549. The standard InChI is InChI=1S/C7H7O2S/c1-2-9-7(8)6-4-3-5-10-6/h3,5H,2H2,1H3. The molecular weight excluding hydrogens is 148 g/mol. The summed E-state index contributed by atoms with van der Waals surface area (Å²) in [6, 6.07) is 4.47. The lowest BCUT2D eigenvalue weighted by atomic mass is 10.5. The van der Waals surface area contributed by atoms with Crippen LogP contribution in [-0.2, 0) is 4.74 Å². The molecular formula is C7H7O2S. The maximum Gasteiger partial charge on any atom is 0.348 e. The molecule has 1 rings (SSSR count). The minimum absolute atomic E-state index is 0.280. The van der Waals surface area contributed by atoms with Gasteiger partial charge in [-0.2, -0.15) is 0 Å². The number of esters is 1. The fourth-order valence-corrected chi connectivity index (χ4v) is 1.11. The zero-order valence-electron chi connectivity index (χ0n) is 5.59. The van der Waals surface area contributed by atoms with Gasteiger partial charge in [0.2, 0.25) is 0 Å². The Morgan fingerprint density at radius 1 is 1.90 bits per heavy atom. The summed E-state index contributed by atoms with van der Waals surface area (Å²) >= 11 is 1.34. The molecule has 0 unspecified atom stereocenters. The molecule has 10 heavy (non-hydrogen) atoms. The SMILES string of the molecule is CCOC(=O)c1[c]ccs1. The van der Waals surface area contributed by atoms with E-state index in [-0.39, 0.29) is 5.97 Å². The van der Waals surface area contributed by atoms with E-state index in [1.165, 1.54) is 11.3 Å². The van der Waals surface area contributed by atoms with Crippen molar-refractivity contribution in [2.75, 3.05) is 6.61 Å². The van der Waals surface area contributed by atoms with Crippen LogP contribution in [0.25, 0.3) is 0 Å². The highest BCUT2D eigenvalue weighted by Gasteiger charge is 2.05. The first-order valence-corrected chi connectivity index (χ1v) is 3.85. The minimum atomic E-state index is -0.280. The molecule has 3 heteroatoms. The van der Waals surface area contributed by atoms with Crippen molar-refractivity contribution in [1.82, 2.24) is 0 Å². The van der Waals surface area contributed by atoms with Crippen LogP contribution in [0.2, 0.25) is 0 Å². The van der Waals surface area contributed by atoms with E-state index < -0.39 is 0 Å². The number of hydrogen-bond acceptors (Lipinski definition) is 3. The largest absolute Gasteiger partial charge is 0.462 e. The molecule has 1 aromatic heterocycles. The molecule has 0 spiro atoms. The van der Waals surface area contributed by atoms with Crippen LogP contribution in [0.15, 0.2) is 11.4 Å². The monoisotopic (exact) mass is 155 g/mol. The van der Waals surface area contributed by atoms with Gasteiger partial charge in [-0.25, -0.2) is 4.79 Å². The van der Waals surface area contributed by atoms with E-state index in [9.17, 15) is 4.79 Å². The maximum atomic E-state index is 10.9. The van der Waals surface area contributed by atoms with Gasteiger partial charge in [0.15, 0.2) is 0 Å². The Balaban J connectivity index is 2.59. The molecule has 0 aliphatic heterocycles. The van der Waals surface area contributed by atoms with Crippen molar-refractivity contribution in [2.45, 2.75) is 6.92 Å². The zero-order valence-corrected chi connectivity index (χ0v) is 6.40. The Bertz CT molecular complexity index is 203. The lowest BCUT2D eigenvalue weighted by Gasteiger charge is -1.95. The van der Waals surface area contributed by atoms with Crippen LogP contribution in [-0.4, -0.2) is 12.6 Å². The van der Waals surface area contributed by atoms with E-state index in [4.69, 9.17) is 4.74 Å². The van der Waals surface area contributed by atoms with Crippen LogP contribution in [0.1, 0.15) is 16.6 Å². The molecule has 0 amide bonds. The first kappa shape index (κ1) is 7.28. The predicted octanol–water partition coefficient (Wildman–Crippen LogP) is 1.72. The second kappa shape index (κ2) is 3.37. The third-order valence-electron chi connectivity index (χ3n) is 0.929. The maximum absolute atomic E-state index is 10.9. The molecule has 0 saturated carbocycles. The number of hydrogen-bond donors (Lipinski definition) is 0. The Morgan fingerprint density at radius 2 is 2.70 bits per heavy atom. The quantitative estimate of drug-likeness (QED) is 0.608. The summed E-state index contributed by atoms with van der Waals surface area (Å²) in [5.41, 5.74) is 0. The van der Waals surface area contributed by atoms with Crippen molar-refractivity contribution in [2.24, 2.45) is 0 Å². The van der Waals surface area contributed by atoms with E-state index in [2.05, 4.69) is 6.07 Å². The van der Waals surface area contributed by atoms with E-state index in [1.807, 2.05) is 0 Å². The number of carbonyl (C=O) groups excluding carboxylic acids is 1. The highest BCUT2D eigenvalue weighted by Crippen LogP contribution is 2.08. The van der Waals surface area contributed by atoms with E-state index in [1.54, 1.807) is 18.4 Å². The molecule has 2 nitrogen and oxygen atoms in total. The van der Waals surface area contributed by atoms with Gasteiger partial charge in [0.1, 0.15) is 4.88 Å². The highest BCUT2D eigenvalue weighted by molar-refractivity contribution is 7.11. The van der Waals surface area contributed by atoms with Gasteiger partial charge in [0, 0.05) is 6.07 Å². The number of carbonyl (C=O) groups is 1. The lowest BCUT2D eigenvalue weighted by molar-refractivity contribution is 0.0532. The minimum Gasteiger partial charge on any atom is -0.462 e. The lowest BCUT2D eigenvalue weighted by Crippen LogP contribution is -2.01. The molecule has 1 radical (unpaired) electrons. The first-order chi connectivity index (χ1) is 4.84. The van der Waals surface area contributed by atoms with Crippen molar-refractivity contribution >= 4 is 17.3 Å². The molecule has 0 saturated heterocycles. The van der Waals surface area contributed by atoms with Gasteiger partial charge >= 0.3 is 5.97 Å². The number of thiophene rings is 1. The van der Waals surface area contributed by atoms with Crippen molar-refractivity contribution in [3.63, 3.8) is 0 Å². The van der Waals surface area contributed by atoms with Crippen LogP contribution in [0, 0.1) is 6.07 Å². The summed E-state index contributed by atoms with van der Waals surface area (Å²) in [6.45, 7) is 2.20. The first-order valence-electron chi connectivity index (χ1n) is 2.97. The van der Waals surface area contributed by atoms with Crippen LogP contribution < -0.4 is 0 Å². The van der Waals surface area contributed by atoms with Crippen LogP contribution in [0.4, 0.5) is 0 Å². The van der Waals surface area contributed by atoms with E-state index in [0.29, 0.717) is 11.5 Å². The summed E-state index contributed by atoms with van der Waals surface area (Å²) < 4.78 is 4.73. The highest BCUT2D eigenvalue weighted by atomic mass is 32.1. The Hall–Kier alpha value is -0.830. The van der Waals surface area contributed by atoms with E-state index >= 15 is 0 Å². The Labute approximate surface area is 63.4 Å². The second-order valence-corrected chi connectivity index (χ2v) is 2.53. The molecule has 0 aromatic carbocycles. The molecule has 0 fully saturated rings. The van der Waals surface area contributed by atoms with Gasteiger partial charge in [0.05, 0.1) is 6.61 Å². The summed E-state index contributed by atoms with van der Waals surface area (Å²) in [7, 11) is 0. The Morgan fingerprint density at radius 3 is 3.20 bits per heavy atom. The van der Waals surface area contributed by atoms with Crippen molar-refractivity contribution in [3.05, 3.63) is 22.4 Å². The fraction of sp³-hybridized carbons (Fsp3) is 0.286. The molecule has 0 atom stereocenters. The summed E-state index contributed by atoms with van der Waals surface area (Å²) in [4.78, 5) is 11.4. The average Bonchev–Trinajstić information content (AvgIpc) is 2.38. The molecule has 0 N–H and O–H groups in total. The smallest absolute Gasteiger partial charge is 0.348 e. The summed E-state index contributed by atoms with van der Waals surface area (Å²) in [5, 5.41) is 1.80. The predicted molar refractivity (Wildman–Crippen MR) is 39.1 cm³/mol. The number of ether oxygens (including phenoxy) is 1. The van der Waals surface area contributed by atoms with Crippen molar-refractivity contribution < 1.29 is 9.53 Å². The van der Waals surface area contributed by atoms with Gasteiger partial charge in [-0.15, -0.1) is 11.3 Å². The molecule has 1 heterocycles. The molecule has 0 bridgehead atoms. The molecule has 0 aliphatic rings. The number of rotatable bonds is 2. The molecule has 53 valence electrons. The van der Waals surface area contributed by atoms with Gasteiger partial charge in [0.25, 0.3) is 0 Å². The average molecular weight is 155 g/mol. The molecule has 1 aromatic rings. The van der Waals surface area contributed by atoms with Gasteiger partial charge in [-0.05, 0) is 18.4 Å². The third-order valence-corrected chi connectivity index (χ3v) is 1.72. The van der Waals surface area contributed by atoms with E-state index in [0.717, 1.165) is 0 Å². The van der Waals surface area contributed by atoms with Gasteiger partial charge < -0.3 is 4.74 Å². The second-order valence-electron chi connectivity index (χ2n) is 1.61.